The SMILES string of the molecule is CN1CCC(c2ccc(-c3ccc4ncn(C(C(=O)Nc5nccs5)c5ccccc5)c(=O)c4c3F)cc2)CC1. The largest absolute Gasteiger partial charge is 0.306 e. The van der Waals surface area contributed by atoms with Gasteiger partial charge in [-0.05, 0) is 67.7 Å². The van der Waals surface area contributed by atoms with E-state index in [1.54, 1.807) is 48.0 Å². The van der Waals surface area contributed by atoms with Crippen molar-refractivity contribution >= 4 is 33.3 Å². The van der Waals surface area contributed by atoms with Crippen LogP contribution in [0.4, 0.5) is 9.52 Å². The molecule has 1 aliphatic rings. The molecule has 1 N–H and O–H groups in total. The summed E-state index contributed by atoms with van der Waals surface area (Å²) in [6.45, 7) is 2.13. The third-order valence-electron chi connectivity index (χ3n) is 7.61. The number of benzene rings is 3. The van der Waals surface area contributed by atoms with Crippen molar-refractivity contribution in [3.05, 3.63) is 112 Å². The van der Waals surface area contributed by atoms with Crippen LogP contribution in [-0.2, 0) is 4.79 Å². The molecule has 1 unspecified atom stereocenters. The highest BCUT2D eigenvalue weighted by Crippen LogP contribution is 2.32. The maximum Gasteiger partial charge on any atom is 0.265 e. The van der Waals surface area contributed by atoms with Crippen molar-refractivity contribution in [3.8, 4) is 11.1 Å². The molecule has 1 aliphatic heterocycles. The van der Waals surface area contributed by atoms with E-state index in [0.717, 1.165) is 25.9 Å². The first-order valence-electron chi connectivity index (χ1n) is 13.2. The molecule has 0 spiro atoms. The topological polar surface area (TPSA) is 80.1 Å². The van der Waals surface area contributed by atoms with Gasteiger partial charge in [0, 0.05) is 17.1 Å². The van der Waals surface area contributed by atoms with Crippen LogP contribution in [-0.4, -0.2) is 45.5 Å². The average Bonchev–Trinajstić information content (AvgIpc) is 3.49. The monoisotopic (exact) mass is 553 g/mol. The fourth-order valence-electron chi connectivity index (χ4n) is 5.40. The van der Waals surface area contributed by atoms with E-state index in [9.17, 15) is 9.59 Å². The van der Waals surface area contributed by atoms with Crippen LogP contribution in [0, 0.1) is 5.82 Å². The molecule has 0 aliphatic carbocycles. The maximum atomic E-state index is 16.1. The van der Waals surface area contributed by atoms with Gasteiger partial charge in [0.05, 0.1) is 11.8 Å². The summed E-state index contributed by atoms with van der Waals surface area (Å²) in [5.41, 5.74) is 2.43. The summed E-state index contributed by atoms with van der Waals surface area (Å²) < 4.78 is 17.3. The van der Waals surface area contributed by atoms with Crippen LogP contribution in [0.2, 0.25) is 0 Å². The first kappa shape index (κ1) is 26.0. The van der Waals surface area contributed by atoms with E-state index in [0.29, 0.717) is 27.7 Å². The Balaban J connectivity index is 1.39. The van der Waals surface area contributed by atoms with Gasteiger partial charge in [0.1, 0.15) is 17.2 Å². The normalized spacial score (nSPS) is 15.2. The highest BCUT2D eigenvalue weighted by atomic mass is 32.1. The number of nitrogens with one attached hydrogen (secondary N) is 1. The van der Waals surface area contributed by atoms with E-state index in [1.807, 2.05) is 18.2 Å². The third-order valence-corrected chi connectivity index (χ3v) is 8.29. The number of thiazole rings is 1. The quantitative estimate of drug-likeness (QED) is 0.292. The van der Waals surface area contributed by atoms with Crippen LogP contribution in [0.15, 0.2) is 89.4 Å². The lowest BCUT2D eigenvalue weighted by Gasteiger charge is -2.29. The molecule has 9 heteroatoms. The van der Waals surface area contributed by atoms with Gasteiger partial charge in [-0.3, -0.25) is 19.5 Å². The minimum absolute atomic E-state index is 0.151. The first-order chi connectivity index (χ1) is 19.5. The number of fused-ring (bicyclic) bond motifs is 1. The number of carbonyl (C=O) groups is 1. The lowest BCUT2D eigenvalue weighted by atomic mass is 9.88. The molecule has 3 heterocycles. The van der Waals surface area contributed by atoms with Crippen molar-refractivity contribution in [1.29, 1.82) is 0 Å². The zero-order valence-electron chi connectivity index (χ0n) is 22.0. The lowest BCUT2D eigenvalue weighted by Crippen LogP contribution is -2.34. The summed E-state index contributed by atoms with van der Waals surface area (Å²) in [6, 6.07) is 19.1. The van der Waals surface area contributed by atoms with Gasteiger partial charge in [-0.2, -0.15) is 0 Å². The minimum Gasteiger partial charge on any atom is -0.306 e. The Hall–Kier alpha value is -4.21. The van der Waals surface area contributed by atoms with Crippen LogP contribution in [0.3, 0.4) is 0 Å². The van der Waals surface area contributed by atoms with E-state index < -0.39 is 23.3 Å². The van der Waals surface area contributed by atoms with Gasteiger partial charge in [0.25, 0.3) is 11.5 Å². The standard InChI is InChI=1S/C31H28FN5O2S/c1-36-16-13-21(14-17-36)20-7-9-22(10-8-20)24-11-12-25-26(27(24)32)30(39)37(19-34-25)28(23-5-3-2-4-6-23)29(38)35-31-33-15-18-40-31/h2-12,15,18-19,21,28H,13-14,16-17H2,1H3,(H,33,35,38). The number of hydrogen-bond acceptors (Lipinski definition) is 6. The molecule has 0 saturated carbocycles. The molecule has 0 bridgehead atoms. The predicted octanol–water partition coefficient (Wildman–Crippen LogP) is 5.70. The number of halogens is 1. The Morgan fingerprint density at radius 3 is 2.48 bits per heavy atom. The van der Waals surface area contributed by atoms with Crippen LogP contribution >= 0.6 is 11.3 Å². The number of amides is 1. The molecule has 202 valence electrons. The molecule has 1 saturated heterocycles. The van der Waals surface area contributed by atoms with E-state index >= 15 is 4.39 Å². The Kier molecular flexibility index (Phi) is 7.23. The Bertz CT molecular complexity index is 1700. The molecule has 6 rings (SSSR count). The molecule has 1 amide bonds. The van der Waals surface area contributed by atoms with E-state index in [1.165, 1.54) is 27.8 Å². The highest BCUT2D eigenvalue weighted by Gasteiger charge is 2.27. The van der Waals surface area contributed by atoms with Crippen LogP contribution in [0.25, 0.3) is 22.0 Å². The van der Waals surface area contributed by atoms with E-state index in [-0.39, 0.29) is 10.9 Å². The number of likely N-dealkylation sites (tertiary alicyclic amines) is 1. The molecule has 0 radical (unpaired) electrons. The first-order valence-corrected chi connectivity index (χ1v) is 14.1. The summed E-state index contributed by atoms with van der Waals surface area (Å²) in [7, 11) is 2.14. The van der Waals surface area contributed by atoms with Crippen molar-refractivity contribution in [1.82, 2.24) is 19.4 Å². The fraction of sp³-hybridized carbons (Fsp3) is 0.226. The molecule has 3 aromatic carbocycles. The number of anilines is 1. The lowest BCUT2D eigenvalue weighted by molar-refractivity contribution is -0.118. The fourth-order valence-corrected chi connectivity index (χ4v) is 5.93. The molecule has 7 nitrogen and oxygen atoms in total. The van der Waals surface area contributed by atoms with Crippen molar-refractivity contribution < 1.29 is 9.18 Å². The van der Waals surface area contributed by atoms with Gasteiger partial charge in [-0.1, -0.05) is 54.6 Å². The van der Waals surface area contributed by atoms with Crippen molar-refractivity contribution in [2.75, 3.05) is 25.5 Å². The van der Waals surface area contributed by atoms with Gasteiger partial charge in [-0.25, -0.2) is 14.4 Å². The number of carbonyl (C=O) groups excluding carboxylic acids is 1. The number of nitrogens with zero attached hydrogens (tertiary/aromatic N) is 4. The molecular weight excluding hydrogens is 525 g/mol. The second-order valence-corrected chi connectivity index (χ2v) is 11.0. The van der Waals surface area contributed by atoms with Crippen molar-refractivity contribution in [3.63, 3.8) is 0 Å². The maximum absolute atomic E-state index is 16.1. The van der Waals surface area contributed by atoms with Gasteiger partial charge < -0.3 is 4.90 Å². The molecule has 1 fully saturated rings. The van der Waals surface area contributed by atoms with Crippen LogP contribution < -0.4 is 10.9 Å². The smallest absolute Gasteiger partial charge is 0.265 e. The Morgan fingerprint density at radius 2 is 1.77 bits per heavy atom. The molecule has 2 aromatic heterocycles. The molecular formula is C31H28FN5O2S. The summed E-state index contributed by atoms with van der Waals surface area (Å²) in [5, 5.41) is 4.77. The van der Waals surface area contributed by atoms with Crippen molar-refractivity contribution in [2.45, 2.75) is 24.8 Å². The van der Waals surface area contributed by atoms with Gasteiger partial charge in [0.2, 0.25) is 0 Å². The second-order valence-electron chi connectivity index (χ2n) is 10.1. The summed E-state index contributed by atoms with van der Waals surface area (Å²) in [6.07, 6.45) is 5.09. The number of hydrogen-bond donors (Lipinski definition) is 1. The van der Waals surface area contributed by atoms with Gasteiger partial charge in [0.15, 0.2) is 5.13 Å². The van der Waals surface area contributed by atoms with Gasteiger partial charge >= 0.3 is 0 Å². The third kappa shape index (κ3) is 5.05. The molecule has 5 aromatic rings. The van der Waals surface area contributed by atoms with E-state index in [4.69, 9.17) is 0 Å². The molecule has 40 heavy (non-hydrogen) atoms. The van der Waals surface area contributed by atoms with E-state index in [2.05, 4.69) is 39.4 Å². The average molecular weight is 554 g/mol. The zero-order valence-corrected chi connectivity index (χ0v) is 22.8. The number of rotatable bonds is 6. The number of piperidine rings is 1. The second kappa shape index (κ2) is 11.1. The zero-order chi connectivity index (χ0) is 27.6. The molecule has 1 atom stereocenters. The van der Waals surface area contributed by atoms with Crippen molar-refractivity contribution in [2.24, 2.45) is 0 Å². The Labute approximate surface area is 235 Å². The highest BCUT2D eigenvalue weighted by molar-refractivity contribution is 7.13. The predicted molar refractivity (Wildman–Crippen MR) is 156 cm³/mol. The van der Waals surface area contributed by atoms with Gasteiger partial charge in [-0.15, -0.1) is 11.3 Å². The summed E-state index contributed by atoms with van der Waals surface area (Å²) in [4.78, 5) is 38.1. The number of aromatic nitrogens is 3. The summed E-state index contributed by atoms with van der Waals surface area (Å²) >= 11 is 1.27. The minimum atomic E-state index is -1.06. The van der Waals surface area contributed by atoms with Crippen LogP contribution in [0.5, 0.6) is 0 Å². The summed E-state index contributed by atoms with van der Waals surface area (Å²) in [5.74, 6) is -0.623. The Morgan fingerprint density at radius 1 is 1.02 bits per heavy atom. The van der Waals surface area contributed by atoms with Crippen LogP contribution in [0.1, 0.15) is 35.9 Å².